The fourth-order valence-electron chi connectivity index (χ4n) is 15.8. The van der Waals surface area contributed by atoms with Crippen molar-refractivity contribution in [3.05, 3.63) is 46.5 Å². The topological polar surface area (TPSA) is 149 Å². The fraction of sp³-hybridized carbons (Fsp3) is 0.692. The second-order valence-corrected chi connectivity index (χ2v) is 33.5. The molecule has 0 aromatic heterocycles. The summed E-state index contributed by atoms with van der Waals surface area (Å²) in [6.45, 7) is 41.1. The van der Waals surface area contributed by atoms with E-state index < -0.39 is 85.4 Å². The molecule has 0 unspecified atom stereocenters. The fourth-order valence-corrected chi connectivity index (χ4v) is 15.8. The van der Waals surface area contributed by atoms with Gasteiger partial charge in [-0.15, -0.1) is 0 Å². The van der Waals surface area contributed by atoms with Gasteiger partial charge in [-0.2, -0.15) is 0 Å². The molecular weight excluding hydrogens is 1200 g/mol. The van der Waals surface area contributed by atoms with E-state index in [-0.39, 0.29) is 23.6 Å². The van der Waals surface area contributed by atoms with Gasteiger partial charge in [-0.3, -0.25) is 29.0 Å². The van der Waals surface area contributed by atoms with Gasteiger partial charge in [-0.1, -0.05) is 180 Å². The summed E-state index contributed by atoms with van der Waals surface area (Å²) in [7, 11) is -4.28. The maximum absolute atomic E-state index is 16.8. The molecule has 520 valence electrons. The molecule has 6 heterocycles. The Balaban J connectivity index is 1.29. The predicted octanol–water partition coefficient (Wildman–Crippen LogP) is 16.3. The molecule has 5 aromatic carbocycles. The number of benzene rings is 5. The highest BCUT2D eigenvalue weighted by Crippen LogP contribution is 2.50. The van der Waals surface area contributed by atoms with E-state index in [1.807, 2.05) is 111 Å². The first-order valence-corrected chi connectivity index (χ1v) is 37.7. The van der Waals surface area contributed by atoms with Gasteiger partial charge in [0, 0.05) is 45.1 Å². The summed E-state index contributed by atoms with van der Waals surface area (Å²) in [6.07, 6.45) is 23.4. The highest BCUT2D eigenvalue weighted by atomic mass is 16.7. The molecule has 0 spiro atoms. The minimum absolute atomic E-state index is 0.339. The number of hydrogen-bond acceptors (Lipinski definition) is 12. The number of carbonyl (C=O) groups is 4. The van der Waals surface area contributed by atoms with Crippen molar-refractivity contribution in [3.63, 3.8) is 0 Å². The van der Waals surface area contributed by atoms with Crippen molar-refractivity contribution in [1.82, 2.24) is 9.80 Å². The van der Waals surface area contributed by atoms with Gasteiger partial charge in [0.15, 0.2) is 0 Å². The number of carbonyl (C=O) groups excluding carboxylic acids is 4. The molecule has 0 saturated carbocycles. The lowest BCUT2D eigenvalue weighted by Gasteiger charge is -2.38. The first kappa shape index (κ1) is 72.9. The number of rotatable bonds is 30. The van der Waals surface area contributed by atoms with Crippen LogP contribution in [0.2, 0.25) is 0 Å². The second kappa shape index (κ2) is 27.2. The molecule has 0 N–H and O–H groups in total. The summed E-state index contributed by atoms with van der Waals surface area (Å²) < 4.78 is 57.2. The molecule has 11 rings (SSSR count). The van der Waals surface area contributed by atoms with E-state index in [0.29, 0.717) is 113 Å². The molecule has 0 bridgehead atoms. The van der Waals surface area contributed by atoms with Gasteiger partial charge in [-0.25, -0.2) is 0 Å². The first-order chi connectivity index (χ1) is 45.1. The Labute approximate surface area is 576 Å². The van der Waals surface area contributed by atoms with E-state index in [4.69, 9.17) is 37.2 Å². The van der Waals surface area contributed by atoms with Crippen LogP contribution in [-0.2, 0) is 37.2 Å². The Hall–Kier alpha value is -4.38. The highest BCUT2D eigenvalue weighted by Gasteiger charge is 2.60. The lowest BCUT2D eigenvalue weighted by Crippen LogP contribution is -2.54. The summed E-state index contributed by atoms with van der Waals surface area (Å²) in [6, 6.07) is 7.42. The van der Waals surface area contributed by atoms with Crippen molar-refractivity contribution in [2.75, 3.05) is 0 Å². The Morgan fingerprint density at radius 2 is 0.458 bits per heavy atom. The van der Waals surface area contributed by atoms with Crippen molar-refractivity contribution in [3.8, 4) is 0 Å². The Kier molecular flexibility index (Phi) is 20.6. The van der Waals surface area contributed by atoms with Gasteiger partial charge < -0.3 is 37.2 Å². The zero-order valence-electron chi connectivity index (χ0n) is 62.5. The molecule has 0 atom stereocenters. The quantitative estimate of drug-likeness (QED) is 0.0142. The van der Waals surface area contributed by atoms with Crippen molar-refractivity contribution >= 4 is 117 Å². The number of fused-ring (bicyclic) bond motifs is 2. The summed E-state index contributed by atoms with van der Waals surface area (Å²) in [5.74, 6) is -1.55. The largest absolute Gasteiger partial charge is 0.495 e. The van der Waals surface area contributed by atoms with E-state index >= 15 is 19.2 Å². The minimum atomic E-state index is -1.07. The summed E-state index contributed by atoms with van der Waals surface area (Å²) in [5.41, 5.74) is -3.38. The maximum Gasteiger partial charge on any atom is 0.495 e. The van der Waals surface area contributed by atoms with E-state index in [0.717, 1.165) is 128 Å². The minimum Gasteiger partial charge on any atom is -0.399 e. The van der Waals surface area contributed by atoms with Gasteiger partial charge >= 0.3 is 28.5 Å². The number of imide groups is 2. The summed E-state index contributed by atoms with van der Waals surface area (Å²) >= 11 is 0. The number of hydrogen-bond donors (Lipinski definition) is 0. The van der Waals surface area contributed by atoms with Crippen LogP contribution >= 0.6 is 0 Å². The summed E-state index contributed by atoms with van der Waals surface area (Å²) in [4.78, 5) is 70.5. The van der Waals surface area contributed by atoms with Crippen molar-refractivity contribution < 1.29 is 56.4 Å². The van der Waals surface area contributed by atoms with Crippen molar-refractivity contribution in [1.29, 1.82) is 0 Å². The van der Waals surface area contributed by atoms with Gasteiger partial charge in [-0.05, 0) is 191 Å². The standard InChI is InChI=1S/C78H114B4N2O12/c1-21-25-29-33-37-41-49(42-38-34-30-26-22-2)83-67(85)61-55(79-89-71(5,6)72(7,8)90-79)45-51-53-47-57(81-93-75(13,14)76(15,16)94-81)63-66-60(53)54(52-46-56(62(68(83)86)65(61)59(51)52)80-91-73(9,10)74(11,12)92-80)48-58(82-95-77(17,18)78(19,20)96-82)64(66)70(88)84(69(63)87)50(43-39-35-31-27-23-3)44-40-36-32-28-24-4/h45-50H,21-44H2,1-20H3. The third-order valence-corrected chi connectivity index (χ3v) is 24.6. The van der Waals surface area contributed by atoms with Gasteiger partial charge in [0.25, 0.3) is 23.6 Å². The molecule has 6 aliphatic heterocycles. The van der Waals surface area contributed by atoms with Crippen molar-refractivity contribution in [2.45, 2.75) is 349 Å². The summed E-state index contributed by atoms with van der Waals surface area (Å²) in [5, 5.41) is 4.96. The molecular formula is C78H114B4N2O12. The van der Waals surface area contributed by atoms with Crippen LogP contribution in [0.15, 0.2) is 24.3 Å². The van der Waals surface area contributed by atoms with Crippen LogP contribution in [0.1, 0.15) is 334 Å². The third-order valence-electron chi connectivity index (χ3n) is 24.6. The molecule has 4 saturated heterocycles. The zero-order valence-corrected chi connectivity index (χ0v) is 62.5. The van der Waals surface area contributed by atoms with Crippen LogP contribution in [0.25, 0.3) is 43.1 Å². The predicted molar refractivity (Wildman–Crippen MR) is 393 cm³/mol. The van der Waals surface area contributed by atoms with Crippen LogP contribution in [0.5, 0.6) is 0 Å². The normalized spacial score (nSPS) is 21.4. The molecule has 96 heavy (non-hydrogen) atoms. The number of unbranched alkanes of at least 4 members (excludes halogenated alkanes) is 16. The van der Waals surface area contributed by atoms with Gasteiger partial charge in [0.1, 0.15) is 0 Å². The molecule has 14 nitrogen and oxygen atoms in total. The van der Waals surface area contributed by atoms with Gasteiger partial charge in [0.2, 0.25) is 0 Å². The second-order valence-electron chi connectivity index (χ2n) is 33.5. The van der Waals surface area contributed by atoms with Crippen LogP contribution in [0.3, 0.4) is 0 Å². The Bertz CT molecular complexity index is 3240. The SMILES string of the molecule is CCCCCCCC(CCCCCCC)N1C(=O)c2c(B3OC(C)(C)C(C)(C)O3)cc3c4cc(B5OC(C)(C)C(C)(C)O5)c5c6c(c(B7OC(C)(C)C(C)(C)O7)cc(c7cc(B8OC(C)(C)C(C)(C)O8)c(c2c37)C1=O)c64)C(=O)N(C(CCCCCCC)CCCCCCC)C5=O. The monoisotopic (exact) mass is 1310 g/mol. The third kappa shape index (κ3) is 12.7. The molecule has 0 aliphatic carbocycles. The highest BCUT2D eigenvalue weighted by molar-refractivity contribution is 6.70. The molecule has 4 fully saturated rings. The average Bonchev–Trinajstić information content (AvgIpc) is 0.776. The molecule has 4 amide bonds. The van der Waals surface area contributed by atoms with E-state index in [1.165, 1.54) is 0 Å². The molecule has 5 aromatic rings. The van der Waals surface area contributed by atoms with Crippen molar-refractivity contribution in [2.24, 2.45) is 0 Å². The van der Waals surface area contributed by atoms with Gasteiger partial charge in [0.05, 0.1) is 44.8 Å². The average molecular weight is 1320 g/mol. The maximum atomic E-state index is 16.8. The molecule has 0 radical (unpaired) electrons. The molecule has 6 aliphatic rings. The van der Waals surface area contributed by atoms with Crippen LogP contribution < -0.4 is 21.9 Å². The lowest BCUT2D eigenvalue weighted by molar-refractivity contribution is 0.00578. The lowest BCUT2D eigenvalue weighted by atomic mass is 9.64. The first-order valence-electron chi connectivity index (χ1n) is 37.7. The van der Waals surface area contributed by atoms with Crippen LogP contribution in [0.4, 0.5) is 0 Å². The van der Waals surface area contributed by atoms with E-state index in [2.05, 4.69) is 52.0 Å². The molecule has 18 heteroatoms. The number of nitrogens with zero attached hydrogens (tertiary/aromatic N) is 2. The van der Waals surface area contributed by atoms with E-state index in [9.17, 15) is 0 Å². The van der Waals surface area contributed by atoms with Crippen LogP contribution in [0, 0.1) is 0 Å². The Morgan fingerprint density at radius 1 is 0.281 bits per heavy atom. The zero-order chi connectivity index (χ0) is 69.6. The smallest absolute Gasteiger partial charge is 0.399 e. The Morgan fingerprint density at radius 3 is 0.635 bits per heavy atom. The number of amides is 4. The van der Waals surface area contributed by atoms with Crippen LogP contribution in [-0.4, -0.2) is 119 Å². The van der Waals surface area contributed by atoms with E-state index in [1.54, 1.807) is 9.80 Å².